The second-order valence-electron chi connectivity index (χ2n) is 7.23. The van der Waals surface area contributed by atoms with Gasteiger partial charge in [0.1, 0.15) is 0 Å². The number of anilines is 3. The maximum absolute atomic E-state index is 4.70. The molecule has 6 nitrogen and oxygen atoms in total. The van der Waals surface area contributed by atoms with Gasteiger partial charge in [0, 0.05) is 37.9 Å². The smallest absolute Gasteiger partial charge is 0.247 e. The normalized spacial score (nSPS) is 15.4. The molecular weight excluding hydrogens is 348 g/mol. The fourth-order valence-corrected chi connectivity index (χ4v) is 3.53. The number of piperazine rings is 1. The van der Waals surface area contributed by atoms with E-state index in [0.717, 1.165) is 32.0 Å². The van der Waals surface area contributed by atoms with E-state index in [-0.39, 0.29) is 6.04 Å². The molecule has 1 fully saturated rings. The van der Waals surface area contributed by atoms with Gasteiger partial charge in [0.15, 0.2) is 5.82 Å². The van der Waals surface area contributed by atoms with Gasteiger partial charge in [-0.05, 0) is 37.1 Å². The van der Waals surface area contributed by atoms with Gasteiger partial charge in [0.25, 0.3) is 0 Å². The van der Waals surface area contributed by atoms with Crippen LogP contribution in [0, 0.1) is 6.92 Å². The van der Waals surface area contributed by atoms with Crippen molar-refractivity contribution in [2.45, 2.75) is 19.9 Å². The van der Waals surface area contributed by atoms with Gasteiger partial charge in [0.05, 0.1) is 6.20 Å². The molecule has 1 aromatic heterocycles. The minimum atomic E-state index is 0.156. The van der Waals surface area contributed by atoms with Crippen LogP contribution in [0.1, 0.15) is 24.1 Å². The van der Waals surface area contributed by atoms with Gasteiger partial charge in [-0.15, -0.1) is 5.10 Å². The van der Waals surface area contributed by atoms with Crippen LogP contribution in [0.25, 0.3) is 0 Å². The summed E-state index contributed by atoms with van der Waals surface area (Å²) in [6, 6.07) is 19.2. The molecule has 1 unspecified atom stereocenters. The van der Waals surface area contributed by atoms with Gasteiger partial charge in [-0.3, -0.25) is 0 Å². The SMILES string of the molecule is Cc1cccc(N2CCN(c3nncc(NC(C)c4ccccc4)n3)CC2)c1. The average molecular weight is 374 g/mol. The topological polar surface area (TPSA) is 57.2 Å². The van der Waals surface area contributed by atoms with E-state index >= 15 is 0 Å². The molecule has 2 heterocycles. The molecule has 4 rings (SSSR count). The summed E-state index contributed by atoms with van der Waals surface area (Å²) in [5.74, 6) is 1.44. The Bertz CT molecular complexity index is 906. The van der Waals surface area contributed by atoms with Crippen LogP contribution >= 0.6 is 0 Å². The number of nitrogens with one attached hydrogen (secondary N) is 1. The minimum absolute atomic E-state index is 0.156. The molecule has 0 spiro atoms. The van der Waals surface area contributed by atoms with E-state index in [1.807, 2.05) is 18.2 Å². The molecule has 0 saturated carbocycles. The van der Waals surface area contributed by atoms with E-state index < -0.39 is 0 Å². The molecule has 144 valence electrons. The lowest BCUT2D eigenvalue weighted by atomic mass is 10.1. The van der Waals surface area contributed by atoms with Gasteiger partial charge in [-0.25, -0.2) is 0 Å². The Morgan fingerprint density at radius 1 is 0.929 bits per heavy atom. The fourth-order valence-electron chi connectivity index (χ4n) is 3.53. The molecule has 1 aliphatic heterocycles. The first kappa shape index (κ1) is 18.2. The molecule has 1 saturated heterocycles. The third-order valence-corrected chi connectivity index (χ3v) is 5.14. The number of aromatic nitrogens is 3. The van der Waals surface area contributed by atoms with Crippen molar-refractivity contribution < 1.29 is 0 Å². The first-order chi connectivity index (χ1) is 13.7. The van der Waals surface area contributed by atoms with Crippen LogP contribution in [0.3, 0.4) is 0 Å². The molecule has 0 amide bonds. The van der Waals surface area contributed by atoms with Crippen molar-refractivity contribution in [1.29, 1.82) is 0 Å². The van der Waals surface area contributed by atoms with Crippen molar-refractivity contribution in [2.75, 3.05) is 41.3 Å². The summed E-state index contributed by atoms with van der Waals surface area (Å²) in [5.41, 5.74) is 3.79. The Kier molecular flexibility index (Phi) is 5.37. The molecule has 1 N–H and O–H groups in total. The molecular formula is C22H26N6. The highest BCUT2D eigenvalue weighted by atomic mass is 15.4. The van der Waals surface area contributed by atoms with Crippen LogP contribution in [0.2, 0.25) is 0 Å². The van der Waals surface area contributed by atoms with Crippen molar-refractivity contribution in [2.24, 2.45) is 0 Å². The number of aryl methyl sites for hydroxylation is 1. The quantitative estimate of drug-likeness (QED) is 0.735. The second kappa shape index (κ2) is 8.25. The third kappa shape index (κ3) is 4.22. The number of hydrogen-bond acceptors (Lipinski definition) is 6. The van der Waals surface area contributed by atoms with Crippen molar-refractivity contribution in [3.05, 3.63) is 71.9 Å². The fraction of sp³-hybridized carbons (Fsp3) is 0.318. The van der Waals surface area contributed by atoms with Crippen molar-refractivity contribution in [3.8, 4) is 0 Å². The summed E-state index contributed by atoms with van der Waals surface area (Å²) in [7, 11) is 0. The summed E-state index contributed by atoms with van der Waals surface area (Å²) in [5, 5.41) is 11.9. The second-order valence-corrected chi connectivity index (χ2v) is 7.23. The maximum Gasteiger partial charge on any atom is 0.247 e. The molecule has 0 aliphatic carbocycles. The zero-order valence-electron chi connectivity index (χ0n) is 16.4. The molecule has 1 atom stereocenters. The van der Waals surface area contributed by atoms with E-state index in [1.165, 1.54) is 16.8 Å². The first-order valence-electron chi connectivity index (χ1n) is 9.77. The Morgan fingerprint density at radius 3 is 2.43 bits per heavy atom. The van der Waals surface area contributed by atoms with Crippen LogP contribution in [-0.2, 0) is 0 Å². The monoisotopic (exact) mass is 374 g/mol. The van der Waals surface area contributed by atoms with Crippen molar-refractivity contribution in [3.63, 3.8) is 0 Å². The molecule has 3 aromatic rings. The molecule has 0 bridgehead atoms. The van der Waals surface area contributed by atoms with E-state index in [1.54, 1.807) is 6.20 Å². The van der Waals surface area contributed by atoms with Gasteiger partial charge >= 0.3 is 0 Å². The molecule has 28 heavy (non-hydrogen) atoms. The van der Waals surface area contributed by atoms with Crippen LogP contribution in [0.5, 0.6) is 0 Å². The summed E-state index contributed by atoms with van der Waals surface area (Å²) in [4.78, 5) is 9.32. The third-order valence-electron chi connectivity index (χ3n) is 5.14. The van der Waals surface area contributed by atoms with Crippen molar-refractivity contribution >= 4 is 17.5 Å². The van der Waals surface area contributed by atoms with Gasteiger partial charge < -0.3 is 15.1 Å². The zero-order chi connectivity index (χ0) is 19.3. The highest BCUT2D eigenvalue weighted by molar-refractivity contribution is 5.50. The standard InChI is InChI=1S/C22H26N6/c1-17-7-6-10-20(15-17)27-11-13-28(14-12-27)22-25-21(16-23-26-22)24-18(2)19-8-4-3-5-9-19/h3-10,15-16,18H,11-14H2,1-2H3,(H,24,25,26). The zero-order valence-corrected chi connectivity index (χ0v) is 16.4. The molecule has 6 heteroatoms. The predicted molar refractivity (Wildman–Crippen MR) is 114 cm³/mol. The van der Waals surface area contributed by atoms with Crippen LogP contribution in [-0.4, -0.2) is 41.4 Å². The number of hydrogen-bond donors (Lipinski definition) is 1. The van der Waals surface area contributed by atoms with Crippen LogP contribution in [0.15, 0.2) is 60.8 Å². The summed E-state index contributed by atoms with van der Waals surface area (Å²) in [6.45, 7) is 7.92. The van der Waals surface area contributed by atoms with Crippen LogP contribution < -0.4 is 15.1 Å². The number of rotatable bonds is 5. The summed E-state index contributed by atoms with van der Waals surface area (Å²) < 4.78 is 0. The van der Waals surface area contributed by atoms with E-state index in [4.69, 9.17) is 4.98 Å². The van der Waals surface area contributed by atoms with E-state index in [2.05, 4.69) is 75.6 Å². The van der Waals surface area contributed by atoms with E-state index in [9.17, 15) is 0 Å². The largest absolute Gasteiger partial charge is 0.368 e. The highest BCUT2D eigenvalue weighted by Crippen LogP contribution is 2.21. The first-order valence-corrected chi connectivity index (χ1v) is 9.77. The van der Waals surface area contributed by atoms with Crippen LogP contribution in [0.4, 0.5) is 17.5 Å². The molecule has 1 aliphatic rings. The Labute approximate surface area is 166 Å². The van der Waals surface area contributed by atoms with Gasteiger partial charge in [-0.2, -0.15) is 10.1 Å². The maximum atomic E-state index is 4.70. The lowest BCUT2D eigenvalue weighted by Gasteiger charge is -2.36. The summed E-state index contributed by atoms with van der Waals surface area (Å²) in [6.07, 6.45) is 1.69. The highest BCUT2D eigenvalue weighted by Gasteiger charge is 2.20. The molecule has 0 radical (unpaired) electrons. The Balaban J connectivity index is 1.40. The van der Waals surface area contributed by atoms with Gasteiger partial charge in [-0.1, -0.05) is 42.5 Å². The lowest BCUT2D eigenvalue weighted by molar-refractivity contribution is 0.634. The number of nitrogens with zero attached hydrogens (tertiary/aromatic N) is 5. The Hall–Kier alpha value is -3.15. The molecule has 2 aromatic carbocycles. The Morgan fingerprint density at radius 2 is 1.68 bits per heavy atom. The van der Waals surface area contributed by atoms with Crippen molar-refractivity contribution in [1.82, 2.24) is 15.2 Å². The van der Waals surface area contributed by atoms with Gasteiger partial charge in [0.2, 0.25) is 5.95 Å². The minimum Gasteiger partial charge on any atom is -0.368 e. The number of benzene rings is 2. The van der Waals surface area contributed by atoms with E-state index in [0.29, 0.717) is 5.95 Å². The lowest BCUT2D eigenvalue weighted by Crippen LogP contribution is -2.47. The predicted octanol–water partition coefficient (Wildman–Crippen LogP) is 3.68. The average Bonchev–Trinajstić information content (AvgIpc) is 2.75. The summed E-state index contributed by atoms with van der Waals surface area (Å²) >= 11 is 0.